The molecule has 0 radical (unpaired) electrons. The molecule has 3 heterocycles. The summed E-state index contributed by atoms with van der Waals surface area (Å²) in [6, 6.07) is 9.62. The first-order valence-electron chi connectivity index (χ1n) is 13.4. The average molecular weight is 662 g/mol. The molecule has 6 N–H and O–H groups in total. The number of halogens is 5. The SMILES string of the molecule is C[C@]1(C(N)=O)COc2c1cc(C(O)(CNC(=O)c1cc(OCC(N)=O)c3ncccc3c1)C(F)(F)F)nc2-c1ccc(F)c(Cl)c1. The summed E-state index contributed by atoms with van der Waals surface area (Å²) in [6.07, 6.45) is -4.01. The van der Waals surface area contributed by atoms with Crippen LogP contribution in [0.1, 0.15) is 28.5 Å². The molecule has 16 heteroatoms. The van der Waals surface area contributed by atoms with Crippen LogP contribution in [0.25, 0.3) is 22.2 Å². The number of aliphatic hydroxyl groups is 1. The number of alkyl halides is 3. The van der Waals surface area contributed by atoms with Gasteiger partial charge >= 0.3 is 6.18 Å². The van der Waals surface area contributed by atoms with Crippen LogP contribution in [0, 0.1) is 5.82 Å². The van der Waals surface area contributed by atoms with Crippen molar-refractivity contribution < 1.29 is 46.5 Å². The van der Waals surface area contributed by atoms with Crippen LogP contribution in [-0.2, 0) is 20.6 Å². The van der Waals surface area contributed by atoms with Crippen LogP contribution in [0.5, 0.6) is 11.5 Å². The minimum atomic E-state index is -5.44. The number of benzene rings is 2. The fourth-order valence-electron chi connectivity index (χ4n) is 4.83. The Bertz CT molecular complexity index is 1910. The van der Waals surface area contributed by atoms with Crippen molar-refractivity contribution in [1.82, 2.24) is 15.3 Å². The van der Waals surface area contributed by atoms with E-state index in [2.05, 4.69) is 15.3 Å². The summed E-state index contributed by atoms with van der Waals surface area (Å²) in [5.74, 6) is -3.79. The number of carbonyl (C=O) groups is 3. The Morgan fingerprint density at radius 3 is 2.54 bits per heavy atom. The minimum absolute atomic E-state index is 0.0139. The molecule has 46 heavy (non-hydrogen) atoms. The summed E-state index contributed by atoms with van der Waals surface area (Å²) in [6.45, 7) is -1.03. The molecule has 3 amide bonds. The van der Waals surface area contributed by atoms with E-state index in [1.54, 1.807) is 12.1 Å². The quantitative estimate of drug-likeness (QED) is 0.197. The van der Waals surface area contributed by atoms with Gasteiger partial charge in [-0.2, -0.15) is 13.2 Å². The number of hydrogen-bond acceptors (Lipinski definition) is 8. The number of pyridine rings is 2. The normalized spacial score (nSPS) is 17.1. The van der Waals surface area contributed by atoms with E-state index in [0.29, 0.717) is 5.39 Å². The molecule has 0 saturated heterocycles. The highest BCUT2D eigenvalue weighted by Crippen LogP contribution is 2.48. The van der Waals surface area contributed by atoms with Gasteiger partial charge in [0.1, 0.15) is 40.5 Å². The van der Waals surface area contributed by atoms with Crippen LogP contribution in [0.2, 0.25) is 5.02 Å². The van der Waals surface area contributed by atoms with Crippen molar-refractivity contribution in [2.75, 3.05) is 19.8 Å². The van der Waals surface area contributed by atoms with E-state index in [4.69, 9.17) is 32.5 Å². The number of aromatic nitrogens is 2. The third-order valence-electron chi connectivity index (χ3n) is 7.51. The molecule has 2 aromatic carbocycles. The van der Waals surface area contributed by atoms with E-state index in [0.717, 1.165) is 24.3 Å². The number of nitrogens with one attached hydrogen (secondary N) is 1. The van der Waals surface area contributed by atoms with Gasteiger partial charge in [0.25, 0.3) is 11.8 Å². The lowest BCUT2D eigenvalue weighted by Crippen LogP contribution is -2.51. The van der Waals surface area contributed by atoms with Crippen LogP contribution in [0.15, 0.2) is 54.7 Å². The molecule has 2 aromatic heterocycles. The molecule has 5 rings (SSSR count). The minimum Gasteiger partial charge on any atom is -0.489 e. The number of ether oxygens (including phenoxy) is 2. The molecule has 1 aliphatic heterocycles. The smallest absolute Gasteiger partial charge is 0.424 e. The number of hydrogen-bond donors (Lipinski definition) is 4. The number of rotatable bonds is 9. The molecule has 0 spiro atoms. The van der Waals surface area contributed by atoms with Gasteiger partial charge in [-0.05, 0) is 49.4 Å². The highest BCUT2D eigenvalue weighted by molar-refractivity contribution is 6.31. The van der Waals surface area contributed by atoms with Crippen molar-refractivity contribution in [3.8, 4) is 22.8 Å². The van der Waals surface area contributed by atoms with Crippen LogP contribution in [-0.4, -0.2) is 58.7 Å². The molecule has 0 aliphatic carbocycles. The Labute approximate surface area is 262 Å². The molecular formula is C30H24ClF4N5O6. The standard InChI is InChI=1S/C30H24ClF4N5O6/c1-28(27(37)43)13-46-25-17(28)10-21(40-24(25)15-4-5-19(32)18(31)8-15)29(44,30(33,34)35)12-39-26(42)16-7-14-3-2-6-38-23(14)20(9-16)45-11-22(36)41/h2-10,44H,11-13H2,1H3,(H2,36,41)(H2,37,43)(H,39,42)/t28-,29?/m0/s1. The number of fused-ring (bicyclic) bond motifs is 2. The molecule has 0 saturated carbocycles. The summed E-state index contributed by atoms with van der Waals surface area (Å²) in [4.78, 5) is 45.1. The van der Waals surface area contributed by atoms with E-state index in [-0.39, 0.29) is 51.0 Å². The predicted molar refractivity (Wildman–Crippen MR) is 155 cm³/mol. The van der Waals surface area contributed by atoms with Gasteiger partial charge in [0.2, 0.25) is 11.5 Å². The van der Waals surface area contributed by atoms with Gasteiger partial charge in [-0.3, -0.25) is 19.4 Å². The number of nitrogens with zero attached hydrogens (tertiary/aromatic N) is 2. The number of carbonyl (C=O) groups excluding carboxylic acids is 3. The Morgan fingerprint density at radius 1 is 1.15 bits per heavy atom. The van der Waals surface area contributed by atoms with Crippen molar-refractivity contribution in [3.05, 3.63) is 82.4 Å². The third-order valence-corrected chi connectivity index (χ3v) is 7.80. The van der Waals surface area contributed by atoms with Gasteiger partial charge < -0.3 is 31.4 Å². The summed E-state index contributed by atoms with van der Waals surface area (Å²) < 4.78 is 69.2. The zero-order valence-electron chi connectivity index (χ0n) is 23.7. The van der Waals surface area contributed by atoms with Gasteiger partial charge in [0.15, 0.2) is 6.61 Å². The van der Waals surface area contributed by atoms with Crippen molar-refractivity contribution >= 4 is 40.2 Å². The van der Waals surface area contributed by atoms with Gasteiger partial charge in [-0.15, -0.1) is 0 Å². The monoisotopic (exact) mass is 661 g/mol. The molecule has 0 bridgehead atoms. The highest BCUT2D eigenvalue weighted by atomic mass is 35.5. The highest BCUT2D eigenvalue weighted by Gasteiger charge is 2.57. The third kappa shape index (κ3) is 5.74. The molecule has 4 aromatic rings. The first kappa shape index (κ1) is 32.4. The lowest BCUT2D eigenvalue weighted by Gasteiger charge is -2.31. The van der Waals surface area contributed by atoms with Crippen LogP contribution in [0.4, 0.5) is 17.6 Å². The van der Waals surface area contributed by atoms with Gasteiger partial charge in [0, 0.05) is 28.3 Å². The zero-order valence-corrected chi connectivity index (χ0v) is 24.5. The Kier molecular flexibility index (Phi) is 8.25. The second-order valence-electron chi connectivity index (χ2n) is 10.7. The van der Waals surface area contributed by atoms with Gasteiger partial charge in [-0.25, -0.2) is 9.37 Å². The van der Waals surface area contributed by atoms with Gasteiger partial charge in [-0.1, -0.05) is 17.7 Å². The maximum Gasteiger partial charge on any atom is 0.424 e. The summed E-state index contributed by atoms with van der Waals surface area (Å²) in [5.41, 5.74) is 3.92. The van der Waals surface area contributed by atoms with Crippen LogP contribution < -0.4 is 26.3 Å². The average Bonchev–Trinajstić information content (AvgIpc) is 3.36. The molecule has 1 aliphatic rings. The summed E-state index contributed by atoms with van der Waals surface area (Å²) in [7, 11) is 0. The second-order valence-corrected chi connectivity index (χ2v) is 11.1. The van der Waals surface area contributed by atoms with E-state index in [9.17, 15) is 37.1 Å². The molecule has 1 unspecified atom stereocenters. The molecule has 2 atom stereocenters. The van der Waals surface area contributed by atoms with Crippen LogP contribution >= 0.6 is 11.6 Å². The van der Waals surface area contributed by atoms with E-state index in [1.807, 2.05) is 0 Å². The van der Waals surface area contributed by atoms with E-state index in [1.165, 1.54) is 25.3 Å². The first-order chi connectivity index (χ1) is 21.5. The second kappa shape index (κ2) is 11.7. The maximum absolute atomic E-state index is 14.7. The topological polar surface area (TPSA) is 180 Å². The van der Waals surface area contributed by atoms with Crippen LogP contribution in [0.3, 0.4) is 0 Å². The zero-order chi connectivity index (χ0) is 33.6. The molecule has 11 nitrogen and oxygen atoms in total. The summed E-state index contributed by atoms with van der Waals surface area (Å²) >= 11 is 5.92. The van der Waals surface area contributed by atoms with Crippen molar-refractivity contribution in [2.45, 2.75) is 24.1 Å². The largest absolute Gasteiger partial charge is 0.489 e. The lowest BCUT2D eigenvalue weighted by molar-refractivity contribution is -0.265. The number of nitrogens with two attached hydrogens (primary N) is 2. The van der Waals surface area contributed by atoms with E-state index < -0.39 is 59.6 Å². The molecular weight excluding hydrogens is 638 g/mol. The summed E-state index contributed by atoms with van der Waals surface area (Å²) in [5, 5.41) is 13.3. The fourth-order valence-corrected chi connectivity index (χ4v) is 5.01. The van der Waals surface area contributed by atoms with Crippen molar-refractivity contribution in [1.29, 1.82) is 0 Å². The fraction of sp³-hybridized carbons (Fsp3) is 0.233. The Hall–Kier alpha value is -5.02. The maximum atomic E-state index is 14.7. The Morgan fingerprint density at radius 2 is 1.89 bits per heavy atom. The predicted octanol–water partition coefficient (Wildman–Crippen LogP) is 3.27. The lowest BCUT2D eigenvalue weighted by atomic mass is 9.81. The van der Waals surface area contributed by atoms with E-state index >= 15 is 0 Å². The van der Waals surface area contributed by atoms with Crippen molar-refractivity contribution in [2.24, 2.45) is 11.5 Å². The molecule has 240 valence electrons. The Balaban J connectivity index is 1.58. The van der Waals surface area contributed by atoms with Gasteiger partial charge in [0.05, 0.1) is 17.3 Å². The number of amides is 3. The molecule has 0 fully saturated rings. The number of primary amides is 2. The van der Waals surface area contributed by atoms with Crippen molar-refractivity contribution in [3.63, 3.8) is 0 Å². The first-order valence-corrected chi connectivity index (χ1v) is 13.7.